The second kappa shape index (κ2) is 6.04. The van der Waals surface area contributed by atoms with Gasteiger partial charge < -0.3 is 10.1 Å². The van der Waals surface area contributed by atoms with E-state index >= 15 is 0 Å². The van der Waals surface area contributed by atoms with Gasteiger partial charge in [0.25, 0.3) is 5.91 Å². The van der Waals surface area contributed by atoms with Crippen LogP contribution in [0.15, 0.2) is 17.5 Å². The van der Waals surface area contributed by atoms with Gasteiger partial charge in [0.15, 0.2) is 0 Å². The molecule has 0 aromatic carbocycles. The van der Waals surface area contributed by atoms with Gasteiger partial charge in [-0.3, -0.25) is 4.79 Å². The minimum absolute atomic E-state index is 0.156. The van der Waals surface area contributed by atoms with Crippen LogP contribution in [0.1, 0.15) is 30.3 Å². The maximum absolute atomic E-state index is 12.1. The number of ether oxygens (including phenoxy) is 1. The lowest BCUT2D eigenvalue weighted by Crippen LogP contribution is -2.40. The highest BCUT2D eigenvalue weighted by Gasteiger charge is 2.30. The molecule has 1 unspecified atom stereocenters. The van der Waals surface area contributed by atoms with Crippen LogP contribution in [-0.2, 0) is 4.74 Å². The quantitative estimate of drug-likeness (QED) is 0.918. The molecule has 2 aromatic rings. The van der Waals surface area contributed by atoms with Gasteiger partial charge in [-0.1, -0.05) is 11.6 Å². The van der Waals surface area contributed by atoms with Crippen molar-refractivity contribution in [1.82, 2.24) is 10.3 Å². The second-order valence-electron chi connectivity index (χ2n) is 5.23. The van der Waals surface area contributed by atoms with Gasteiger partial charge in [-0.2, -0.15) is 0 Å². The number of thiophene rings is 1. The summed E-state index contributed by atoms with van der Waals surface area (Å²) in [5.41, 5.74) is 0.205. The minimum Gasteiger partial charge on any atom is -0.373 e. The third kappa shape index (κ3) is 3.45. The largest absolute Gasteiger partial charge is 0.373 e. The number of nitrogens with zero attached hydrogens (tertiary/aromatic N) is 1. The van der Waals surface area contributed by atoms with E-state index in [-0.39, 0.29) is 11.5 Å². The molecule has 1 aliphatic heterocycles. The summed E-state index contributed by atoms with van der Waals surface area (Å²) in [5, 5.41) is 5.50. The molecule has 0 bridgehead atoms. The number of rotatable bonds is 4. The Kier molecular flexibility index (Phi) is 4.31. The molecular formula is C14H15ClN2O2S2. The first-order valence-electron chi connectivity index (χ1n) is 6.69. The van der Waals surface area contributed by atoms with Gasteiger partial charge in [-0.25, -0.2) is 4.98 Å². The molecule has 7 heteroatoms. The molecule has 112 valence electrons. The maximum atomic E-state index is 12.1. The van der Waals surface area contributed by atoms with E-state index in [1.165, 1.54) is 22.7 Å². The first kappa shape index (κ1) is 15.0. The van der Waals surface area contributed by atoms with Crippen molar-refractivity contribution in [3.8, 4) is 9.88 Å². The van der Waals surface area contributed by atoms with Crippen molar-refractivity contribution < 1.29 is 9.53 Å². The Hall–Kier alpha value is -0.950. The highest BCUT2D eigenvalue weighted by Crippen LogP contribution is 2.33. The maximum Gasteiger partial charge on any atom is 0.270 e. The zero-order valence-corrected chi connectivity index (χ0v) is 13.9. The topological polar surface area (TPSA) is 51.2 Å². The third-order valence-electron chi connectivity index (χ3n) is 3.44. The molecule has 0 spiro atoms. The smallest absolute Gasteiger partial charge is 0.270 e. The molecule has 3 heterocycles. The predicted molar refractivity (Wildman–Crippen MR) is 86.4 cm³/mol. The lowest BCUT2D eigenvalue weighted by molar-refractivity contribution is 0.0205. The van der Waals surface area contributed by atoms with E-state index in [0.29, 0.717) is 12.2 Å². The van der Waals surface area contributed by atoms with Crippen LogP contribution in [0, 0.1) is 0 Å². The number of aromatic nitrogens is 1. The molecule has 0 aliphatic carbocycles. The van der Waals surface area contributed by atoms with Gasteiger partial charge in [-0.05, 0) is 31.9 Å². The van der Waals surface area contributed by atoms with Crippen LogP contribution in [-0.4, -0.2) is 29.6 Å². The summed E-state index contributed by atoms with van der Waals surface area (Å²) < 4.78 is 6.38. The number of thiazole rings is 1. The summed E-state index contributed by atoms with van der Waals surface area (Å²) in [4.78, 5) is 17.5. The highest BCUT2D eigenvalue weighted by atomic mass is 35.5. The summed E-state index contributed by atoms with van der Waals surface area (Å²) >= 11 is 8.83. The van der Waals surface area contributed by atoms with Gasteiger partial charge in [0, 0.05) is 18.5 Å². The zero-order chi connectivity index (χ0) is 14.9. The molecule has 1 amide bonds. The van der Waals surface area contributed by atoms with Crippen LogP contribution in [0.3, 0.4) is 0 Å². The summed E-state index contributed by atoms with van der Waals surface area (Å²) in [7, 11) is 0. The number of carbonyl (C=O) groups excluding carboxylic acids is 1. The third-order valence-corrected chi connectivity index (χ3v) is 5.69. The molecule has 21 heavy (non-hydrogen) atoms. The number of amides is 1. The van der Waals surface area contributed by atoms with E-state index in [9.17, 15) is 4.79 Å². The molecular weight excluding hydrogens is 328 g/mol. The van der Waals surface area contributed by atoms with Crippen LogP contribution >= 0.6 is 34.3 Å². The Bertz CT molecular complexity index is 647. The van der Waals surface area contributed by atoms with E-state index in [1.54, 1.807) is 5.38 Å². The standard InChI is InChI=1S/C14H15ClN2O2S2/c1-14(5-2-6-19-14)8-16-12(18)9-7-20-13(17-9)10-3-4-11(15)21-10/h3-4,7H,2,5-6,8H2,1H3,(H,16,18). The number of nitrogens with one attached hydrogen (secondary N) is 1. The SMILES string of the molecule is CC1(CNC(=O)c2csc(-c3ccc(Cl)s3)n2)CCCO1. The average molecular weight is 343 g/mol. The van der Waals surface area contributed by atoms with E-state index in [1.807, 2.05) is 19.1 Å². The fourth-order valence-electron chi connectivity index (χ4n) is 2.25. The number of halogens is 1. The van der Waals surface area contributed by atoms with Crippen molar-refractivity contribution in [2.24, 2.45) is 0 Å². The summed E-state index contributed by atoms with van der Waals surface area (Å²) in [5.74, 6) is -0.156. The molecule has 1 atom stereocenters. The first-order chi connectivity index (χ1) is 10.1. The van der Waals surface area contributed by atoms with Gasteiger partial charge >= 0.3 is 0 Å². The van der Waals surface area contributed by atoms with Crippen molar-refractivity contribution in [3.05, 3.63) is 27.5 Å². The highest BCUT2D eigenvalue weighted by molar-refractivity contribution is 7.23. The average Bonchev–Trinajstić information content (AvgIpc) is 3.16. The lowest BCUT2D eigenvalue weighted by Gasteiger charge is -2.22. The Morgan fingerprint density at radius 1 is 1.57 bits per heavy atom. The van der Waals surface area contributed by atoms with E-state index in [0.717, 1.165) is 33.7 Å². The summed E-state index contributed by atoms with van der Waals surface area (Å²) in [6.07, 6.45) is 2.02. The van der Waals surface area contributed by atoms with Gasteiger partial charge in [0.2, 0.25) is 0 Å². The van der Waals surface area contributed by atoms with E-state index < -0.39 is 0 Å². The number of carbonyl (C=O) groups is 1. The van der Waals surface area contributed by atoms with Crippen LogP contribution in [0.25, 0.3) is 9.88 Å². The molecule has 0 radical (unpaired) electrons. The van der Waals surface area contributed by atoms with Crippen molar-refractivity contribution >= 4 is 40.2 Å². The Balaban J connectivity index is 1.64. The molecule has 4 nitrogen and oxygen atoms in total. The summed E-state index contributed by atoms with van der Waals surface area (Å²) in [6, 6.07) is 3.75. The van der Waals surface area contributed by atoms with Crippen LogP contribution in [0.5, 0.6) is 0 Å². The second-order valence-corrected chi connectivity index (χ2v) is 7.80. The van der Waals surface area contributed by atoms with Crippen LogP contribution < -0.4 is 5.32 Å². The van der Waals surface area contributed by atoms with Crippen molar-refractivity contribution in [2.75, 3.05) is 13.2 Å². The Labute approximate surface area is 136 Å². The van der Waals surface area contributed by atoms with Crippen molar-refractivity contribution in [3.63, 3.8) is 0 Å². The van der Waals surface area contributed by atoms with Crippen molar-refractivity contribution in [2.45, 2.75) is 25.4 Å². The summed E-state index contributed by atoms with van der Waals surface area (Å²) in [6.45, 7) is 3.32. The van der Waals surface area contributed by atoms with Gasteiger partial charge in [0.1, 0.15) is 10.7 Å². The molecule has 0 saturated carbocycles. The predicted octanol–water partition coefficient (Wildman–Crippen LogP) is 3.82. The van der Waals surface area contributed by atoms with Gasteiger partial charge in [-0.15, -0.1) is 22.7 Å². The minimum atomic E-state index is -0.240. The van der Waals surface area contributed by atoms with Crippen LogP contribution in [0.2, 0.25) is 4.34 Å². The van der Waals surface area contributed by atoms with E-state index in [4.69, 9.17) is 16.3 Å². The van der Waals surface area contributed by atoms with E-state index in [2.05, 4.69) is 10.3 Å². The fraction of sp³-hybridized carbons (Fsp3) is 0.429. The normalized spacial score (nSPS) is 21.6. The lowest BCUT2D eigenvalue weighted by atomic mass is 10.0. The fourth-order valence-corrected chi connectivity index (χ4v) is 4.17. The number of hydrogen-bond donors (Lipinski definition) is 1. The van der Waals surface area contributed by atoms with Crippen molar-refractivity contribution in [1.29, 1.82) is 0 Å². The molecule has 2 aromatic heterocycles. The molecule has 1 N–H and O–H groups in total. The molecule has 1 aliphatic rings. The van der Waals surface area contributed by atoms with Crippen LogP contribution in [0.4, 0.5) is 0 Å². The molecule has 1 saturated heterocycles. The first-order valence-corrected chi connectivity index (χ1v) is 8.77. The Morgan fingerprint density at radius 2 is 2.43 bits per heavy atom. The Morgan fingerprint density at radius 3 is 3.10 bits per heavy atom. The monoisotopic (exact) mass is 342 g/mol. The van der Waals surface area contributed by atoms with Gasteiger partial charge in [0.05, 0.1) is 14.8 Å². The number of hydrogen-bond acceptors (Lipinski definition) is 5. The zero-order valence-electron chi connectivity index (χ0n) is 11.5. The molecule has 3 rings (SSSR count). The molecule has 1 fully saturated rings.